The number of para-hydroxylation sites is 1. The Labute approximate surface area is 252 Å². The van der Waals surface area contributed by atoms with E-state index in [-0.39, 0.29) is 17.7 Å². The summed E-state index contributed by atoms with van der Waals surface area (Å²) in [6.45, 7) is 2.43. The van der Waals surface area contributed by atoms with Crippen LogP contribution >= 0.6 is 11.8 Å². The topological polar surface area (TPSA) is 85.8 Å². The highest BCUT2D eigenvalue weighted by molar-refractivity contribution is 8.13. The van der Waals surface area contributed by atoms with Crippen molar-refractivity contribution >= 4 is 45.9 Å². The molecule has 0 spiro atoms. The van der Waals surface area contributed by atoms with Gasteiger partial charge < -0.3 is 20.9 Å². The zero-order valence-corrected chi connectivity index (χ0v) is 23.8. The number of halogens is 6. The molecule has 3 aromatic rings. The third-order valence-electron chi connectivity index (χ3n) is 6.86. The zero-order valence-electron chi connectivity index (χ0n) is 23.0. The first-order chi connectivity index (χ1) is 20.8. The van der Waals surface area contributed by atoms with Gasteiger partial charge in [0, 0.05) is 29.4 Å². The minimum atomic E-state index is -5.05. The molecule has 2 aliphatic rings. The van der Waals surface area contributed by atoms with E-state index in [0.717, 1.165) is 22.9 Å². The number of nitrogens with zero attached hydrogens (tertiary/aromatic N) is 2. The van der Waals surface area contributed by atoms with Crippen LogP contribution in [0.15, 0.2) is 89.1 Å². The largest absolute Gasteiger partial charge is 0.416 e. The van der Waals surface area contributed by atoms with E-state index in [4.69, 9.17) is 0 Å². The maximum atomic E-state index is 13.5. The van der Waals surface area contributed by atoms with Gasteiger partial charge in [0.2, 0.25) is 0 Å². The number of hydrogen-bond acceptors (Lipinski definition) is 5. The van der Waals surface area contributed by atoms with Gasteiger partial charge in [-0.1, -0.05) is 42.1 Å². The molecule has 1 fully saturated rings. The maximum absolute atomic E-state index is 13.5. The van der Waals surface area contributed by atoms with Gasteiger partial charge in [0.15, 0.2) is 5.17 Å². The second-order valence-corrected chi connectivity index (χ2v) is 11.1. The molecule has 0 aromatic heterocycles. The van der Waals surface area contributed by atoms with E-state index >= 15 is 0 Å². The Balaban J connectivity index is 1.37. The summed E-state index contributed by atoms with van der Waals surface area (Å²) in [7, 11) is 0. The lowest BCUT2D eigenvalue weighted by Gasteiger charge is -2.40. The van der Waals surface area contributed by atoms with Crippen molar-refractivity contribution in [1.82, 2.24) is 4.90 Å². The molecule has 44 heavy (non-hydrogen) atoms. The number of anilines is 3. The van der Waals surface area contributed by atoms with Crippen LogP contribution in [-0.2, 0) is 17.1 Å². The lowest BCUT2D eigenvalue weighted by Crippen LogP contribution is -2.43. The minimum absolute atomic E-state index is 0.0193. The van der Waals surface area contributed by atoms with Gasteiger partial charge in [0.25, 0.3) is 5.91 Å². The second-order valence-electron chi connectivity index (χ2n) is 10.0. The van der Waals surface area contributed by atoms with Crippen molar-refractivity contribution in [2.75, 3.05) is 28.2 Å². The number of aliphatic imine (C=N–C) groups is 1. The van der Waals surface area contributed by atoms with E-state index in [9.17, 15) is 35.9 Å². The Morgan fingerprint density at radius 2 is 1.41 bits per heavy atom. The Bertz CT molecular complexity index is 1590. The number of fused-ring (bicyclic) bond motifs is 1. The number of carbonyl (C=O) groups is 2. The molecule has 1 atom stereocenters. The van der Waals surface area contributed by atoms with E-state index in [1.54, 1.807) is 55.1 Å². The third-order valence-corrected chi connectivity index (χ3v) is 7.94. The van der Waals surface area contributed by atoms with Crippen LogP contribution in [0.1, 0.15) is 36.1 Å². The Hall–Kier alpha value is -4.46. The summed E-state index contributed by atoms with van der Waals surface area (Å²) >= 11 is 1.59. The summed E-state index contributed by atoms with van der Waals surface area (Å²) in [6.07, 6.45) is -9.23. The average Bonchev–Trinajstić information content (AvgIpc) is 2.96. The summed E-state index contributed by atoms with van der Waals surface area (Å²) in [6, 6.07) is 14.7. The predicted octanol–water partition coefficient (Wildman–Crippen LogP) is 8.13. The highest BCUT2D eigenvalue weighted by Crippen LogP contribution is 2.41. The quantitative estimate of drug-likeness (QED) is 0.248. The first-order valence-electron chi connectivity index (χ1n) is 13.3. The van der Waals surface area contributed by atoms with Gasteiger partial charge >= 0.3 is 18.4 Å². The zero-order chi connectivity index (χ0) is 31.6. The molecule has 14 heteroatoms. The van der Waals surface area contributed by atoms with Crippen LogP contribution in [0.5, 0.6) is 0 Å². The van der Waals surface area contributed by atoms with Crippen LogP contribution < -0.4 is 16.0 Å². The monoisotopic (exact) mass is 633 g/mol. The number of amides is 3. The van der Waals surface area contributed by atoms with E-state index in [2.05, 4.69) is 15.6 Å². The number of alkyl halides is 6. The highest BCUT2D eigenvalue weighted by Gasteiger charge is 2.38. The number of allylic oxidation sites excluding steroid dienone is 1. The first kappa shape index (κ1) is 31.0. The Morgan fingerprint density at radius 3 is 2.02 bits per heavy atom. The molecule has 0 bridgehead atoms. The number of thioether (sulfide) groups is 1. The molecular weight excluding hydrogens is 608 g/mol. The van der Waals surface area contributed by atoms with Gasteiger partial charge in [0.05, 0.1) is 28.4 Å². The molecule has 3 amide bonds. The van der Waals surface area contributed by atoms with E-state index in [1.807, 2.05) is 16.3 Å². The standard InChI is InChI=1S/C30H25F6N5O2S/c1-17-24(26(42)38-21-6-3-2-4-7-21)25(41-12-5-13-44-28(41)37-17)18-8-10-22(11-9-18)39-27(43)40-23-15-19(29(31,32)33)14-20(16-23)30(34,35)36/h2-4,6-11,14-16,25H,5,12-13H2,1H3,(H,38,42)(H2,39,40,43). The van der Waals surface area contributed by atoms with E-state index in [0.29, 0.717) is 35.6 Å². The van der Waals surface area contributed by atoms with Crippen molar-refractivity contribution in [2.24, 2.45) is 4.99 Å². The molecule has 0 aliphatic carbocycles. The molecule has 3 aromatic carbocycles. The minimum Gasteiger partial charge on any atom is -0.340 e. The van der Waals surface area contributed by atoms with Gasteiger partial charge in [-0.2, -0.15) is 26.3 Å². The lowest BCUT2D eigenvalue weighted by molar-refractivity contribution is -0.143. The molecule has 2 aliphatic heterocycles. The lowest BCUT2D eigenvalue weighted by atomic mass is 9.93. The fourth-order valence-corrected chi connectivity index (χ4v) is 5.91. The van der Waals surface area contributed by atoms with Crippen molar-refractivity contribution in [1.29, 1.82) is 0 Å². The first-order valence-corrected chi connectivity index (χ1v) is 14.3. The van der Waals surface area contributed by atoms with Crippen molar-refractivity contribution < 1.29 is 35.9 Å². The normalized spacial score (nSPS) is 17.0. The van der Waals surface area contributed by atoms with Crippen molar-refractivity contribution in [2.45, 2.75) is 31.7 Å². The molecule has 0 radical (unpaired) electrons. The molecule has 3 N–H and O–H groups in total. The third kappa shape index (κ3) is 7.01. The summed E-state index contributed by atoms with van der Waals surface area (Å²) < 4.78 is 79.1. The Morgan fingerprint density at radius 1 is 0.818 bits per heavy atom. The number of urea groups is 1. The number of hydrogen-bond donors (Lipinski definition) is 3. The summed E-state index contributed by atoms with van der Waals surface area (Å²) in [5, 5.41) is 8.17. The number of rotatable bonds is 5. The van der Waals surface area contributed by atoms with Crippen LogP contribution in [0.4, 0.5) is 48.2 Å². The number of amidine groups is 1. The smallest absolute Gasteiger partial charge is 0.340 e. The van der Waals surface area contributed by atoms with Gasteiger partial charge in [-0.15, -0.1) is 0 Å². The van der Waals surface area contributed by atoms with E-state index in [1.165, 1.54) is 12.1 Å². The fourth-order valence-electron chi connectivity index (χ4n) is 4.89. The van der Waals surface area contributed by atoms with E-state index < -0.39 is 41.2 Å². The SMILES string of the molecule is CC1=C(C(=O)Nc2ccccc2)C(c2ccc(NC(=O)Nc3cc(C(F)(F)F)cc(C(F)(F)F)c3)cc2)N2CCCSC2=N1. The fraction of sp³-hybridized carbons (Fsp3) is 0.233. The average molecular weight is 634 g/mol. The molecule has 2 heterocycles. The van der Waals surface area contributed by atoms with Crippen LogP contribution in [0, 0.1) is 0 Å². The number of carbonyl (C=O) groups excluding carboxylic acids is 2. The van der Waals surface area contributed by atoms with Crippen LogP contribution in [0.25, 0.3) is 0 Å². The Kier molecular flexibility index (Phi) is 8.64. The van der Waals surface area contributed by atoms with Crippen molar-refractivity contribution in [3.63, 3.8) is 0 Å². The van der Waals surface area contributed by atoms with Gasteiger partial charge in [-0.25, -0.2) is 9.79 Å². The predicted molar refractivity (Wildman–Crippen MR) is 157 cm³/mol. The molecule has 1 unspecified atom stereocenters. The van der Waals surface area contributed by atoms with Crippen LogP contribution in [0.2, 0.25) is 0 Å². The maximum Gasteiger partial charge on any atom is 0.416 e. The summed E-state index contributed by atoms with van der Waals surface area (Å²) in [5.41, 5.74) is -1.20. The van der Waals surface area contributed by atoms with Gasteiger partial charge in [-0.3, -0.25) is 4.79 Å². The van der Waals surface area contributed by atoms with Gasteiger partial charge in [-0.05, 0) is 61.4 Å². The van der Waals surface area contributed by atoms with Crippen LogP contribution in [-0.4, -0.2) is 34.3 Å². The highest BCUT2D eigenvalue weighted by atomic mass is 32.2. The second kappa shape index (κ2) is 12.3. The van der Waals surface area contributed by atoms with Crippen LogP contribution in [0.3, 0.4) is 0 Å². The molecule has 5 rings (SSSR count). The molecule has 1 saturated heterocycles. The number of benzene rings is 3. The van der Waals surface area contributed by atoms with Crippen molar-refractivity contribution in [3.05, 3.63) is 101 Å². The summed E-state index contributed by atoms with van der Waals surface area (Å²) in [5.74, 6) is 0.563. The molecule has 0 saturated carbocycles. The number of nitrogens with one attached hydrogen (secondary N) is 3. The molecule has 230 valence electrons. The molecule has 7 nitrogen and oxygen atoms in total. The van der Waals surface area contributed by atoms with Gasteiger partial charge in [0.1, 0.15) is 0 Å². The van der Waals surface area contributed by atoms with Crippen molar-refractivity contribution in [3.8, 4) is 0 Å². The molecular formula is C30H25F6N5O2S. The summed E-state index contributed by atoms with van der Waals surface area (Å²) in [4.78, 5) is 32.8.